The molecule has 0 aromatic heterocycles. The van der Waals surface area contributed by atoms with Crippen LogP contribution in [-0.2, 0) is 4.79 Å². The van der Waals surface area contributed by atoms with E-state index < -0.39 is 0 Å². The van der Waals surface area contributed by atoms with E-state index in [-0.39, 0.29) is 11.3 Å². The summed E-state index contributed by atoms with van der Waals surface area (Å²) in [6.45, 7) is 5.71. The molecule has 0 aromatic carbocycles. The Balaban J connectivity index is 2.79. The quantitative estimate of drug-likeness (QED) is 0.754. The number of nitrogens with zero attached hydrogens (tertiary/aromatic N) is 1. The highest BCUT2D eigenvalue weighted by Crippen LogP contribution is 2.39. The molecule has 0 saturated heterocycles. The molecule has 0 heterocycles. The van der Waals surface area contributed by atoms with Crippen molar-refractivity contribution in [2.45, 2.75) is 39.5 Å². The van der Waals surface area contributed by atoms with Crippen LogP contribution in [0, 0.1) is 23.7 Å². The molecular weight excluding hydrogens is 212 g/mol. The fourth-order valence-corrected chi connectivity index (χ4v) is 2.59. The molecule has 1 fully saturated rings. The zero-order chi connectivity index (χ0) is 12.9. The van der Waals surface area contributed by atoms with Gasteiger partial charge < -0.3 is 10.6 Å². The lowest BCUT2D eigenvalue weighted by Crippen LogP contribution is -2.49. The van der Waals surface area contributed by atoms with Gasteiger partial charge in [0.05, 0.1) is 12.0 Å². The van der Waals surface area contributed by atoms with Crippen molar-refractivity contribution in [3.05, 3.63) is 0 Å². The third kappa shape index (κ3) is 3.01. The summed E-state index contributed by atoms with van der Waals surface area (Å²) in [6.07, 6.45) is 9.31. The molecule has 96 valence electrons. The second-order valence-corrected chi connectivity index (χ2v) is 5.19. The Kier molecular flexibility index (Phi) is 5.02. The predicted octanol–water partition coefficient (Wildman–Crippen LogP) is 1.62. The van der Waals surface area contributed by atoms with E-state index in [1.165, 1.54) is 0 Å². The van der Waals surface area contributed by atoms with Gasteiger partial charge in [0.1, 0.15) is 0 Å². The Labute approximate surface area is 105 Å². The van der Waals surface area contributed by atoms with Gasteiger partial charge >= 0.3 is 0 Å². The summed E-state index contributed by atoms with van der Waals surface area (Å²) in [5.41, 5.74) is 5.53. The SMILES string of the molecule is C#CCN(CC)C(=O)C1(CN)CCC(C)CC1. The number of rotatable bonds is 4. The first kappa shape index (κ1) is 14.1. The Morgan fingerprint density at radius 3 is 2.53 bits per heavy atom. The number of carbonyl (C=O) groups excluding carboxylic acids is 1. The van der Waals surface area contributed by atoms with Gasteiger partial charge in [0.25, 0.3) is 0 Å². The molecule has 0 bridgehead atoms. The number of hydrogen-bond donors (Lipinski definition) is 1. The Bertz CT molecular complexity index is 298. The van der Waals surface area contributed by atoms with Crippen molar-refractivity contribution >= 4 is 5.91 Å². The number of terminal acetylenes is 1. The van der Waals surface area contributed by atoms with Crippen molar-refractivity contribution in [2.75, 3.05) is 19.6 Å². The van der Waals surface area contributed by atoms with Crippen LogP contribution in [-0.4, -0.2) is 30.4 Å². The minimum Gasteiger partial charge on any atom is -0.331 e. The number of hydrogen-bond acceptors (Lipinski definition) is 2. The van der Waals surface area contributed by atoms with E-state index in [4.69, 9.17) is 12.2 Å². The van der Waals surface area contributed by atoms with E-state index >= 15 is 0 Å². The summed E-state index contributed by atoms with van der Waals surface area (Å²) < 4.78 is 0. The average Bonchev–Trinajstić information content (AvgIpc) is 2.36. The van der Waals surface area contributed by atoms with Crippen molar-refractivity contribution in [1.82, 2.24) is 4.90 Å². The third-order valence-electron chi connectivity index (χ3n) is 4.03. The average molecular weight is 236 g/mol. The minimum absolute atomic E-state index is 0.160. The third-order valence-corrected chi connectivity index (χ3v) is 4.03. The Hall–Kier alpha value is -1.01. The number of amides is 1. The summed E-state index contributed by atoms with van der Waals surface area (Å²) in [5.74, 6) is 3.43. The molecule has 1 aliphatic rings. The van der Waals surface area contributed by atoms with Gasteiger partial charge in [-0.1, -0.05) is 12.8 Å². The molecule has 3 nitrogen and oxygen atoms in total. The molecule has 1 aliphatic carbocycles. The van der Waals surface area contributed by atoms with Gasteiger partial charge in [-0.05, 0) is 38.5 Å². The maximum absolute atomic E-state index is 12.5. The first-order chi connectivity index (χ1) is 8.09. The molecule has 3 heteroatoms. The van der Waals surface area contributed by atoms with Gasteiger partial charge in [-0.15, -0.1) is 6.42 Å². The van der Waals surface area contributed by atoms with Gasteiger partial charge in [-0.2, -0.15) is 0 Å². The smallest absolute Gasteiger partial charge is 0.230 e. The van der Waals surface area contributed by atoms with Crippen LogP contribution in [0.25, 0.3) is 0 Å². The van der Waals surface area contributed by atoms with Crippen LogP contribution in [0.5, 0.6) is 0 Å². The molecule has 17 heavy (non-hydrogen) atoms. The first-order valence-electron chi connectivity index (χ1n) is 6.52. The fraction of sp³-hybridized carbons (Fsp3) is 0.786. The summed E-state index contributed by atoms with van der Waals surface area (Å²) in [7, 11) is 0. The predicted molar refractivity (Wildman–Crippen MR) is 70.2 cm³/mol. The van der Waals surface area contributed by atoms with Gasteiger partial charge in [-0.25, -0.2) is 0 Å². The lowest BCUT2D eigenvalue weighted by Gasteiger charge is -2.40. The largest absolute Gasteiger partial charge is 0.331 e. The van der Waals surface area contributed by atoms with Crippen molar-refractivity contribution in [3.63, 3.8) is 0 Å². The summed E-state index contributed by atoms with van der Waals surface area (Å²) in [4.78, 5) is 14.3. The van der Waals surface area contributed by atoms with Crippen LogP contribution in [0.1, 0.15) is 39.5 Å². The van der Waals surface area contributed by atoms with Crippen molar-refractivity contribution in [2.24, 2.45) is 17.1 Å². The second kappa shape index (κ2) is 6.07. The monoisotopic (exact) mass is 236 g/mol. The van der Waals surface area contributed by atoms with Gasteiger partial charge in [0.2, 0.25) is 5.91 Å². The number of carbonyl (C=O) groups is 1. The molecule has 0 spiro atoms. The van der Waals surface area contributed by atoms with Crippen LogP contribution in [0.15, 0.2) is 0 Å². The second-order valence-electron chi connectivity index (χ2n) is 5.19. The molecule has 0 aliphatic heterocycles. The van der Waals surface area contributed by atoms with Crippen molar-refractivity contribution in [3.8, 4) is 12.3 Å². The molecule has 0 radical (unpaired) electrons. The zero-order valence-corrected chi connectivity index (χ0v) is 11.0. The lowest BCUT2D eigenvalue weighted by atomic mass is 9.70. The van der Waals surface area contributed by atoms with Crippen LogP contribution in [0.2, 0.25) is 0 Å². The fourth-order valence-electron chi connectivity index (χ4n) is 2.59. The van der Waals surface area contributed by atoms with Crippen molar-refractivity contribution < 1.29 is 4.79 Å². The molecule has 1 rings (SSSR count). The Morgan fingerprint density at radius 2 is 2.12 bits per heavy atom. The molecule has 0 atom stereocenters. The van der Waals surface area contributed by atoms with E-state index in [2.05, 4.69) is 12.8 Å². The lowest BCUT2D eigenvalue weighted by molar-refractivity contribution is -0.143. The highest BCUT2D eigenvalue weighted by molar-refractivity contribution is 5.83. The van der Waals surface area contributed by atoms with Crippen LogP contribution in [0.4, 0.5) is 0 Å². The summed E-state index contributed by atoms with van der Waals surface area (Å²) in [5, 5.41) is 0. The van der Waals surface area contributed by atoms with E-state index in [0.29, 0.717) is 25.6 Å². The standard InChI is InChI=1S/C14H24N2O/c1-4-10-16(5-2)13(17)14(11-15)8-6-12(3)7-9-14/h1,12H,5-11,15H2,2-3H3. The molecule has 1 amide bonds. The topological polar surface area (TPSA) is 46.3 Å². The summed E-state index contributed by atoms with van der Waals surface area (Å²) >= 11 is 0. The van der Waals surface area contributed by atoms with E-state index in [0.717, 1.165) is 25.7 Å². The maximum Gasteiger partial charge on any atom is 0.230 e. The van der Waals surface area contributed by atoms with Gasteiger partial charge in [-0.3, -0.25) is 4.79 Å². The highest BCUT2D eigenvalue weighted by atomic mass is 16.2. The van der Waals surface area contributed by atoms with E-state index in [9.17, 15) is 4.79 Å². The van der Waals surface area contributed by atoms with Crippen LogP contribution >= 0.6 is 0 Å². The Morgan fingerprint density at radius 1 is 1.53 bits per heavy atom. The number of nitrogens with two attached hydrogens (primary N) is 1. The molecule has 1 saturated carbocycles. The maximum atomic E-state index is 12.5. The van der Waals surface area contributed by atoms with Crippen LogP contribution in [0.3, 0.4) is 0 Å². The van der Waals surface area contributed by atoms with Crippen molar-refractivity contribution in [1.29, 1.82) is 0 Å². The normalized spacial score (nSPS) is 28.5. The molecule has 0 unspecified atom stereocenters. The highest BCUT2D eigenvalue weighted by Gasteiger charge is 2.41. The van der Waals surface area contributed by atoms with Gasteiger partial charge in [0, 0.05) is 13.1 Å². The first-order valence-corrected chi connectivity index (χ1v) is 6.52. The van der Waals surface area contributed by atoms with Gasteiger partial charge in [0.15, 0.2) is 0 Å². The zero-order valence-electron chi connectivity index (χ0n) is 11.0. The summed E-state index contributed by atoms with van der Waals surface area (Å²) in [6, 6.07) is 0. The molecular formula is C14H24N2O. The minimum atomic E-state index is -0.348. The molecule has 2 N–H and O–H groups in total. The van der Waals surface area contributed by atoms with Crippen LogP contribution < -0.4 is 5.73 Å². The van der Waals surface area contributed by atoms with E-state index in [1.54, 1.807) is 4.90 Å². The molecule has 0 aromatic rings. The van der Waals surface area contributed by atoms with E-state index in [1.807, 2.05) is 6.92 Å².